The molecule has 0 amide bonds. The van der Waals surface area contributed by atoms with Crippen LogP contribution in [-0.4, -0.2) is 63.7 Å². The van der Waals surface area contributed by atoms with Gasteiger partial charge in [-0.15, -0.1) is 10.2 Å². The number of pyridine rings is 1. The smallest absolute Gasteiger partial charge is 0.187 e. The molecular formula is C28H34N6O5S. The molecule has 4 aromatic rings. The van der Waals surface area contributed by atoms with Gasteiger partial charge in [0.2, 0.25) is 0 Å². The van der Waals surface area contributed by atoms with Crippen LogP contribution in [0.25, 0.3) is 17.2 Å². The lowest BCUT2D eigenvalue weighted by molar-refractivity contribution is 0.00141. The van der Waals surface area contributed by atoms with Gasteiger partial charge in [-0.25, -0.2) is 23.4 Å². The predicted molar refractivity (Wildman–Crippen MR) is 150 cm³/mol. The molecule has 0 unspecified atom stereocenters. The molecule has 0 N–H and O–H groups in total. The van der Waals surface area contributed by atoms with Crippen molar-refractivity contribution >= 4 is 9.84 Å². The van der Waals surface area contributed by atoms with Crippen LogP contribution in [0.1, 0.15) is 49.8 Å². The molecular weight excluding hydrogens is 532 g/mol. The zero-order valence-corrected chi connectivity index (χ0v) is 24.5. The Hall–Kier alpha value is -3.90. The second kappa shape index (κ2) is 12.1. The highest BCUT2D eigenvalue weighted by Crippen LogP contribution is 2.37. The lowest BCUT2D eigenvalue weighted by Gasteiger charge is -2.25. The van der Waals surface area contributed by atoms with Gasteiger partial charge in [0, 0.05) is 18.1 Å². The quantitative estimate of drug-likeness (QED) is 0.260. The van der Waals surface area contributed by atoms with E-state index >= 15 is 0 Å². The van der Waals surface area contributed by atoms with Gasteiger partial charge in [-0.05, 0) is 64.4 Å². The number of ether oxygens (including phenoxy) is 3. The number of hydrogen-bond acceptors (Lipinski definition) is 10. The van der Waals surface area contributed by atoms with Crippen molar-refractivity contribution in [2.75, 3.05) is 14.2 Å². The first-order chi connectivity index (χ1) is 19.1. The van der Waals surface area contributed by atoms with Crippen molar-refractivity contribution in [1.29, 1.82) is 0 Å². The van der Waals surface area contributed by atoms with Crippen LogP contribution >= 0.6 is 0 Å². The van der Waals surface area contributed by atoms with Crippen LogP contribution in [-0.2, 0) is 20.3 Å². The normalized spacial score (nSPS) is 13.3. The molecule has 0 radical (unpaired) electrons. The fraction of sp³-hybridized carbons (Fsp3) is 0.393. The monoisotopic (exact) mass is 566 g/mol. The zero-order valence-electron chi connectivity index (χ0n) is 23.7. The molecule has 212 valence electrons. The summed E-state index contributed by atoms with van der Waals surface area (Å²) in [6.07, 6.45) is 2.14. The van der Waals surface area contributed by atoms with Crippen LogP contribution < -0.4 is 9.47 Å². The van der Waals surface area contributed by atoms with Gasteiger partial charge in [-0.2, -0.15) is 0 Å². The van der Waals surface area contributed by atoms with Crippen molar-refractivity contribution < 1.29 is 22.6 Å². The molecule has 4 rings (SSSR count). The highest BCUT2D eigenvalue weighted by molar-refractivity contribution is 7.91. The van der Waals surface area contributed by atoms with Crippen molar-refractivity contribution in [3.05, 3.63) is 71.7 Å². The molecule has 12 heteroatoms. The van der Waals surface area contributed by atoms with Crippen LogP contribution in [0.4, 0.5) is 0 Å². The maximum absolute atomic E-state index is 14.0. The molecule has 3 heterocycles. The summed E-state index contributed by atoms with van der Waals surface area (Å²) >= 11 is 0. The molecule has 3 aromatic heterocycles. The van der Waals surface area contributed by atoms with E-state index in [1.807, 2.05) is 39.8 Å². The van der Waals surface area contributed by atoms with Crippen molar-refractivity contribution in [2.45, 2.75) is 57.8 Å². The van der Waals surface area contributed by atoms with E-state index in [4.69, 9.17) is 14.2 Å². The maximum Gasteiger partial charge on any atom is 0.187 e. The van der Waals surface area contributed by atoms with Gasteiger partial charge >= 0.3 is 0 Å². The topological polar surface area (TPSA) is 131 Å². The van der Waals surface area contributed by atoms with Crippen LogP contribution in [0.15, 0.2) is 48.8 Å². The number of hydrogen-bond donors (Lipinski definition) is 0. The number of benzene rings is 1. The minimum absolute atomic E-state index is 0.168. The first kappa shape index (κ1) is 29.1. The van der Waals surface area contributed by atoms with E-state index in [1.165, 1.54) is 14.2 Å². The van der Waals surface area contributed by atoms with E-state index in [9.17, 15) is 8.42 Å². The van der Waals surface area contributed by atoms with Crippen molar-refractivity contribution in [3.8, 4) is 28.7 Å². The van der Waals surface area contributed by atoms with Gasteiger partial charge in [0.25, 0.3) is 0 Å². The molecule has 0 fully saturated rings. The lowest BCUT2D eigenvalue weighted by Crippen LogP contribution is -2.32. The molecule has 1 aromatic carbocycles. The largest absolute Gasteiger partial charge is 0.494 e. The third-order valence-corrected chi connectivity index (χ3v) is 8.31. The third kappa shape index (κ3) is 6.13. The van der Waals surface area contributed by atoms with Gasteiger partial charge in [-0.3, -0.25) is 4.57 Å². The number of methoxy groups -OCH3 is 2. The number of nitrogens with zero attached hydrogens (tertiary/aromatic N) is 6. The van der Waals surface area contributed by atoms with Gasteiger partial charge in [0.15, 0.2) is 27.3 Å². The number of sulfone groups is 1. The Labute approximate surface area is 234 Å². The average molecular weight is 567 g/mol. The molecule has 0 aliphatic heterocycles. The number of rotatable bonds is 11. The number of aryl methyl sites for hydroxylation is 2. The Balaban J connectivity index is 1.85. The Bertz CT molecular complexity index is 1550. The fourth-order valence-corrected chi connectivity index (χ4v) is 5.63. The summed E-state index contributed by atoms with van der Waals surface area (Å²) in [4.78, 5) is 13.3. The Kier molecular flexibility index (Phi) is 8.79. The van der Waals surface area contributed by atoms with Crippen molar-refractivity contribution in [2.24, 2.45) is 0 Å². The van der Waals surface area contributed by atoms with Gasteiger partial charge < -0.3 is 14.2 Å². The molecule has 0 aliphatic carbocycles. The summed E-state index contributed by atoms with van der Waals surface area (Å²) < 4.78 is 46.9. The van der Waals surface area contributed by atoms with Crippen molar-refractivity contribution in [3.63, 3.8) is 0 Å². The van der Waals surface area contributed by atoms with E-state index < -0.39 is 26.9 Å². The molecule has 0 spiro atoms. The molecule has 0 saturated heterocycles. The summed E-state index contributed by atoms with van der Waals surface area (Å²) in [6.45, 7) is 9.00. The highest BCUT2D eigenvalue weighted by Gasteiger charge is 2.36. The minimum atomic E-state index is -3.89. The molecule has 2 atom stereocenters. The van der Waals surface area contributed by atoms with Crippen LogP contribution in [0.5, 0.6) is 11.5 Å². The molecule has 40 heavy (non-hydrogen) atoms. The number of para-hydroxylation sites is 1. The maximum atomic E-state index is 14.0. The van der Waals surface area contributed by atoms with Gasteiger partial charge in [0.05, 0.1) is 25.6 Å². The zero-order chi connectivity index (χ0) is 29.0. The van der Waals surface area contributed by atoms with Crippen molar-refractivity contribution in [1.82, 2.24) is 29.7 Å². The number of aromatic nitrogens is 6. The SMILES string of the molecule is COc1cccc(OC)c1-n1c(CS(=O)(=O)[C@@H](C)[C@H](OC(C)C)c2ncc(C)cn2)nnc1-c1cccc(C)n1. The fourth-order valence-electron chi connectivity index (χ4n) is 4.25. The first-order valence-corrected chi connectivity index (χ1v) is 14.5. The van der Waals surface area contributed by atoms with Crippen LogP contribution in [0.3, 0.4) is 0 Å². The Morgan fingerprint density at radius 1 is 0.900 bits per heavy atom. The summed E-state index contributed by atoms with van der Waals surface area (Å²) in [5, 5.41) is 7.71. The van der Waals surface area contributed by atoms with Crippen LogP contribution in [0.2, 0.25) is 0 Å². The summed E-state index contributed by atoms with van der Waals surface area (Å²) in [6, 6.07) is 10.8. The Morgan fingerprint density at radius 3 is 2.10 bits per heavy atom. The van der Waals surface area contributed by atoms with E-state index in [0.717, 1.165) is 11.3 Å². The van der Waals surface area contributed by atoms with E-state index in [1.54, 1.807) is 48.1 Å². The van der Waals surface area contributed by atoms with Crippen LogP contribution in [0, 0.1) is 13.8 Å². The molecule has 0 aliphatic rings. The third-order valence-electron chi connectivity index (χ3n) is 6.27. The Morgan fingerprint density at radius 2 is 1.52 bits per heavy atom. The standard InChI is InChI=1S/C28H34N6O5S/c1-17(2)39-26(27-29-14-18(3)15-30-27)20(5)40(35,36)16-24-32-33-28(21-11-8-10-19(4)31-21)34(24)25-22(37-6)12-9-13-23(25)38-7/h8-15,17,20,26H,16H2,1-7H3/t20-,26-/m0/s1. The molecule has 11 nitrogen and oxygen atoms in total. The lowest BCUT2D eigenvalue weighted by atomic mass is 10.2. The molecule has 0 saturated carbocycles. The summed E-state index contributed by atoms with van der Waals surface area (Å²) in [5.41, 5.74) is 2.61. The predicted octanol–water partition coefficient (Wildman–Crippen LogP) is 4.22. The van der Waals surface area contributed by atoms with E-state index in [-0.39, 0.29) is 11.9 Å². The summed E-state index contributed by atoms with van der Waals surface area (Å²) in [5.74, 6) is 1.27. The average Bonchev–Trinajstić information content (AvgIpc) is 3.33. The summed E-state index contributed by atoms with van der Waals surface area (Å²) in [7, 11) is -0.836. The molecule has 0 bridgehead atoms. The highest BCUT2D eigenvalue weighted by atomic mass is 32.2. The van der Waals surface area contributed by atoms with E-state index in [0.29, 0.717) is 34.5 Å². The van der Waals surface area contributed by atoms with Gasteiger partial charge in [0.1, 0.15) is 34.7 Å². The van der Waals surface area contributed by atoms with Gasteiger partial charge in [-0.1, -0.05) is 12.1 Å². The first-order valence-electron chi connectivity index (χ1n) is 12.8. The second-order valence-electron chi connectivity index (χ2n) is 9.69. The second-order valence-corrected chi connectivity index (χ2v) is 12.0. The minimum Gasteiger partial charge on any atom is -0.494 e. The van der Waals surface area contributed by atoms with E-state index in [2.05, 4.69) is 25.1 Å².